The van der Waals surface area contributed by atoms with Crippen molar-refractivity contribution in [2.75, 3.05) is 5.32 Å². The van der Waals surface area contributed by atoms with Gasteiger partial charge in [-0.15, -0.1) is 0 Å². The number of nitrogens with zero attached hydrogens (tertiary/aromatic N) is 2. The van der Waals surface area contributed by atoms with Crippen LogP contribution in [0.5, 0.6) is 11.5 Å². The second-order valence-corrected chi connectivity index (χ2v) is 9.43. The maximum absolute atomic E-state index is 13.5. The van der Waals surface area contributed by atoms with Gasteiger partial charge in [-0.3, -0.25) is 0 Å². The molecule has 1 aliphatic heterocycles. The molecule has 0 spiro atoms. The van der Waals surface area contributed by atoms with Crippen molar-refractivity contribution in [2.24, 2.45) is 0 Å². The molecular weight excluding hydrogens is 464 g/mol. The average Bonchev–Trinajstić information content (AvgIpc) is 3.39. The molecule has 0 radical (unpaired) electrons. The van der Waals surface area contributed by atoms with E-state index in [-0.39, 0.29) is 17.6 Å². The molecule has 1 N–H and O–H groups in total. The molecule has 4 aromatic rings. The summed E-state index contributed by atoms with van der Waals surface area (Å²) in [7, 11) is 0. The van der Waals surface area contributed by atoms with Gasteiger partial charge in [0.05, 0.1) is 0 Å². The van der Waals surface area contributed by atoms with E-state index in [9.17, 15) is 13.6 Å². The Morgan fingerprint density at radius 3 is 2.17 bits per heavy atom. The van der Waals surface area contributed by atoms with E-state index in [1.54, 1.807) is 36.5 Å². The van der Waals surface area contributed by atoms with Crippen LogP contribution in [0, 0.1) is 11.6 Å². The molecular formula is C28H25F2N3O3. The summed E-state index contributed by atoms with van der Waals surface area (Å²) in [6, 6.07) is 14.8. The first-order valence-electron chi connectivity index (χ1n) is 11.6. The lowest BCUT2D eigenvalue weighted by Gasteiger charge is -2.17. The minimum atomic E-state index is -0.801. The van der Waals surface area contributed by atoms with Crippen molar-refractivity contribution in [3.05, 3.63) is 84.1 Å². The third kappa shape index (κ3) is 4.54. The third-order valence-electron chi connectivity index (χ3n) is 5.86. The normalized spacial score (nSPS) is 13.8. The molecule has 0 unspecified atom stereocenters. The number of halogens is 2. The van der Waals surface area contributed by atoms with Gasteiger partial charge in [-0.05, 0) is 53.9 Å². The van der Waals surface area contributed by atoms with Crippen molar-refractivity contribution in [3.63, 3.8) is 0 Å². The van der Waals surface area contributed by atoms with Gasteiger partial charge >= 0.3 is 6.03 Å². The zero-order chi connectivity index (χ0) is 25.6. The fourth-order valence-corrected chi connectivity index (χ4v) is 4.16. The molecule has 1 aromatic heterocycles. The lowest BCUT2D eigenvalue weighted by atomic mass is 10.0. The molecule has 1 amide bonds. The standard InChI is InChI=1S/C28H25F2N3O3/c1-16(2)22-13-21(14-24-26(22)36-28(3,4)35-24)31-27(34)33-15-23(17-5-9-19(29)10-6-17)25(32-33)18-7-11-20(30)12-8-18/h5-16H,1-4H3,(H,31,34). The lowest BCUT2D eigenvalue weighted by molar-refractivity contribution is -0.0435. The summed E-state index contributed by atoms with van der Waals surface area (Å²) < 4.78 is 40.1. The highest BCUT2D eigenvalue weighted by atomic mass is 19.1. The predicted octanol–water partition coefficient (Wildman–Crippen LogP) is 7.21. The molecule has 8 heteroatoms. The maximum atomic E-state index is 13.5. The number of rotatable bonds is 4. The first-order valence-corrected chi connectivity index (χ1v) is 11.6. The average molecular weight is 490 g/mol. The smallest absolute Gasteiger partial charge is 0.346 e. The zero-order valence-corrected chi connectivity index (χ0v) is 20.3. The molecule has 184 valence electrons. The Bertz CT molecular complexity index is 1380. The molecule has 36 heavy (non-hydrogen) atoms. The van der Waals surface area contributed by atoms with E-state index in [0.29, 0.717) is 39.6 Å². The highest BCUT2D eigenvalue weighted by molar-refractivity contribution is 5.93. The number of benzene rings is 3. The van der Waals surface area contributed by atoms with Crippen LogP contribution in [-0.4, -0.2) is 21.6 Å². The molecule has 1 aliphatic rings. The van der Waals surface area contributed by atoms with E-state index in [0.717, 1.165) is 5.56 Å². The van der Waals surface area contributed by atoms with Gasteiger partial charge in [0, 0.05) is 48.5 Å². The van der Waals surface area contributed by atoms with Crippen molar-refractivity contribution in [2.45, 2.75) is 39.4 Å². The van der Waals surface area contributed by atoms with Gasteiger partial charge in [0.25, 0.3) is 0 Å². The Morgan fingerprint density at radius 1 is 0.944 bits per heavy atom. The maximum Gasteiger partial charge on any atom is 0.346 e. The largest absolute Gasteiger partial charge is 0.449 e. The molecule has 0 atom stereocenters. The van der Waals surface area contributed by atoms with Crippen LogP contribution in [0.4, 0.5) is 19.3 Å². The van der Waals surface area contributed by atoms with E-state index in [1.807, 2.05) is 33.8 Å². The number of amides is 1. The predicted molar refractivity (Wildman–Crippen MR) is 133 cm³/mol. The van der Waals surface area contributed by atoms with Crippen LogP contribution in [-0.2, 0) is 0 Å². The zero-order valence-electron chi connectivity index (χ0n) is 20.3. The summed E-state index contributed by atoms with van der Waals surface area (Å²) >= 11 is 0. The van der Waals surface area contributed by atoms with E-state index in [4.69, 9.17) is 9.47 Å². The van der Waals surface area contributed by atoms with E-state index >= 15 is 0 Å². The lowest BCUT2D eigenvalue weighted by Crippen LogP contribution is -2.29. The quantitative estimate of drug-likeness (QED) is 0.329. The number of hydrogen-bond donors (Lipinski definition) is 1. The molecule has 3 aromatic carbocycles. The number of ether oxygens (including phenoxy) is 2. The molecule has 5 rings (SSSR count). The molecule has 0 saturated carbocycles. The minimum absolute atomic E-state index is 0.132. The Kier molecular flexibility index (Phi) is 5.74. The van der Waals surface area contributed by atoms with Gasteiger partial charge in [-0.2, -0.15) is 9.78 Å². The Morgan fingerprint density at radius 2 is 1.56 bits per heavy atom. The highest BCUT2D eigenvalue weighted by Gasteiger charge is 2.34. The number of carbonyl (C=O) groups excluding carboxylic acids is 1. The summed E-state index contributed by atoms with van der Waals surface area (Å²) in [4.78, 5) is 13.3. The molecule has 0 saturated heterocycles. The fourth-order valence-electron chi connectivity index (χ4n) is 4.16. The topological polar surface area (TPSA) is 65.4 Å². The number of anilines is 1. The Balaban J connectivity index is 1.52. The fraction of sp³-hybridized carbons (Fsp3) is 0.214. The molecule has 2 heterocycles. The SMILES string of the molecule is CC(C)c1cc(NC(=O)n2cc(-c3ccc(F)cc3)c(-c3ccc(F)cc3)n2)cc2c1OC(C)(C)O2. The van der Waals surface area contributed by atoms with E-state index in [2.05, 4.69) is 10.4 Å². The number of carbonyl (C=O) groups is 1. The Hall–Kier alpha value is -4.20. The van der Waals surface area contributed by atoms with Crippen LogP contribution in [0.1, 0.15) is 39.2 Å². The van der Waals surface area contributed by atoms with Gasteiger partial charge in [-0.25, -0.2) is 13.6 Å². The van der Waals surface area contributed by atoms with E-state index < -0.39 is 11.8 Å². The molecule has 0 fully saturated rings. The van der Waals surface area contributed by atoms with Crippen molar-refractivity contribution in [1.29, 1.82) is 0 Å². The summed E-state index contributed by atoms with van der Waals surface area (Å²) in [5.41, 5.74) is 3.80. The van der Waals surface area contributed by atoms with Crippen molar-refractivity contribution >= 4 is 11.7 Å². The second-order valence-electron chi connectivity index (χ2n) is 9.43. The van der Waals surface area contributed by atoms with Crippen LogP contribution in [0.2, 0.25) is 0 Å². The number of hydrogen-bond acceptors (Lipinski definition) is 4. The van der Waals surface area contributed by atoms with Crippen LogP contribution >= 0.6 is 0 Å². The van der Waals surface area contributed by atoms with Gasteiger partial charge < -0.3 is 14.8 Å². The van der Waals surface area contributed by atoms with Crippen LogP contribution in [0.15, 0.2) is 66.9 Å². The Labute approximate surface area is 207 Å². The van der Waals surface area contributed by atoms with Gasteiger partial charge in [0.2, 0.25) is 5.79 Å². The third-order valence-corrected chi connectivity index (χ3v) is 5.86. The summed E-state index contributed by atoms with van der Waals surface area (Å²) in [6.07, 6.45) is 1.57. The minimum Gasteiger partial charge on any atom is -0.449 e. The summed E-state index contributed by atoms with van der Waals surface area (Å²) in [6.45, 7) is 7.72. The van der Waals surface area contributed by atoms with Crippen molar-refractivity contribution in [3.8, 4) is 33.9 Å². The van der Waals surface area contributed by atoms with Crippen molar-refractivity contribution in [1.82, 2.24) is 9.78 Å². The van der Waals surface area contributed by atoms with Crippen LogP contribution < -0.4 is 14.8 Å². The monoisotopic (exact) mass is 489 g/mol. The molecule has 6 nitrogen and oxygen atoms in total. The molecule has 0 bridgehead atoms. The van der Waals surface area contributed by atoms with E-state index in [1.165, 1.54) is 28.9 Å². The van der Waals surface area contributed by atoms with Crippen molar-refractivity contribution < 1.29 is 23.0 Å². The number of nitrogens with one attached hydrogen (secondary N) is 1. The number of aromatic nitrogens is 2. The summed E-state index contributed by atoms with van der Waals surface area (Å²) in [5, 5.41) is 7.37. The van der Waals surface area contributed by atoms with Gasteiger partial charge in [-0.1, -0.05) is 26.0 Å². The summed E-state index contributed by atoms with van der Waals surface area (Å²) in [5.74, 6) is -0.200. The van der Waals surface area contributed by atoms with Crippen LogP contribution in [0.3, 0.4) is 0 Å². The highest BCUT2D eigenvalue weighted by Crippen LogP contribution is 2.46. The number of fused-ring (bicyclic) bond motifs is 1. The van der Waals surface area contributed by atoms with Gasteiger partial charge in [0.15, 0.2) is 11.5 Å². The van der Waals surface area contributed by atoms with Crippen LogP contribution in [0.25, 0.3) is 22.4 Å². The molecule has 0 aliphatic carbocycles. The van der Waals surface area contributed by atoms with Gasteiger partial charge in [0.1, 0.15) is 17.3 Å². The first-order chi connectivity index (χ1) is 17.1. The second kappa shape index (κ2) is 8.78. The first kappa shape index (κ1) is 23.5.